The normalized spacial score (nSPS) is 11.8. The number of benzene rings is 2. The van der Waals surface area contributed by atoms with Gasteiger partial charge in [-0.3, -0.25) is 0 Å². The van der Waals surface area contributed by atoms with Crippen LogP contribution in [0.25, 0.3) is 10.1 Å². The monoisotopic (exact) mass is 302 g/mol. The van der Waals surface area contributed by atoms with Crippen molar-refractivity contribution in [3.8, 4) is 0 Å². The second kappa shape index (κ2) is 5.65. The first-order valence-corrected chi connectivity index (χ1v) is 6.23. The van der Waals surface area contributed by atoms with Crippen LogP contribution in [0.3, 0.4) is 0 Å². The highest BCUT2D eigenvalue weighted by Crippen LogP contribution is 2.31. The molecule has 0 heterocycles. The summed E-state index contributed by atoms with van der Waals surface area (Å²) in [6.07, 6.45) is 0. The van der Waals surface area contributed by atoms with Crippen LogP contribution in [0.15, 0.2) is 60.7 Å². The molecule has 0 aromatic heterocycles. The summed E-state index contributed by atoms with van der Waals surface area (Å²) in [6.45, 7) is 0. The largest absolute Gasteiger partial charge is 0.478 e. The number of carboxylic acid groups (broad SMARTS) is 1. The van der Waals surface area contributed by atoms with Crippen molar-refractivity contribution in [2.24, 2.45) is 0 Å². The van der Waals surface area contributed by atoms with Gasteiger partial charge in [0.25, 0.3) is 0 Å². The SMILES string of the molecule is O=C(O)/C(=C(\Br)c1ccccc1)c1ccccc1. The van der Waals surface area contributed by atoms with Gasteiger partial charge in [-0.1, -0.05) is 60.7 Å². The molecule has 0 atom stereocenters. The molecule has 0 aliphatic heterocycles. The van der Waals surface area contributed by atoms with Crippen molar-refractivity contribution in [3.63, 3.8) is 0 Å². The molecule has 2 nitrogen and oxygen atoms in total. The summed E-state index contributed by atoms with van der Waals surface area (Å²) < 4.78 is 0.585. The molecule has 2 aromatic carbocycles. The molecule has 0 aliphatic carbocycles. The number of hydrogen-bond donors (Lipinski definition) is 1. The highest BCUT2D eigenvalue weighted by Gasteiger charge is 2.15. The van der Waals surface area contributed by atoms with Crippen LogP contribution in [0.1, 0.15) is 11.1 Å². The molecule has 0 saturated heterocycles. The van der Waals surface area contributed by atoms with Gasteiger partial charge in [0.1, 0.15) is 0 Å². The smallest absolute Gasteiger partial charge is 0.337 e. The summed E-state index contributed by atoms with van der Waals surface area (Å²) in [5.74, 6) is -0.947. The van der Waals surface area contributed by atoms with E-state index in [1.807, 2.05) is 48.5 Å². The molecule has 2 rings (SSSR count). The van der Waals surface area contributed by atoms with Gasteiger partial charge in [-0.25, -0.2) is 4.79 Å². The van der Waals surface area contributed by atoms with Gasteiger partial charge < -0.3 is 5.11 Å². The summed E-state index contributed by atoms with van der Waals surface area (Å²) in [4.78, 5) is 11.4. The maximum atomic E-state index is 11.4. The summed E-state index contributed by atoms with van der Waals surface area (Å²) in [6, 6.07) is 18.5. The van der Waals surface area contributed by atoms with Crippen molar-refractivity contribution in [3.05, 3.63) is 71.8 Å². The van der Waals surface area contributed by atoms with Crippen LogP contribution in [-0.4, -0.2) is 11.1 Å². The van der Waals surface area contributed by atoms with Gasteiger partial charge in [-0.15, -0.1) is 0 Å². The van der Waals surface area contributed by atoms with Crippen LogP contribution in [0.4, 0.5) is 0 Å². The van der Waals surface area contributed by atoms with Crippen molar-refractivity contribution in [1.29, 1.82) is 0 Å². The Bertz CT molecular complexity index is 574. The Morgan fingerprint density at radius 2 is 1.28 bits per heavy atom. The average Bonchev–Trinajstić information content (AvgIpc) is 2.40. The molecule has 2 aromatic rings. The number of hydrogen-bond acceptors (Lipinski definition) is 1. The quantitative estimate of drug-likeness (QED) is 0.686. The minimum atomic E-state index is -0.947. The molecule has 18 heavy (non-hydrogen) atoms. The average molecular weight is 303 g/mol. The van der Waals surface area contributed by atoms with E-state index in [1.165, 1.54) is 0 Å². The summed E-state index contributed by atoms with van der Waals surface area (Å²) in [5, 5.41) is 9.37. The highest BCUT2D eigenvalue weighted by molar-refractivity contribution is 9.15. The lowest BCUT2D eigenvalue weighted by Gasteiger charge is -2.07. The molecule has 0 radical (unpaired) electrons. The fourth-order valence-corrected chi connectivity index (χ4v) is 2.34. The number of carbonyl (C=O) groups is 1. The molecule has 90 valence electrons. The first-order chi connectivity index (χ1) is 8.70. The number of rotatable bonds is 3. The van der Waals surface area contributed by atoms with Crippen LogP contribution in [0.5, 0.6) is 0 Å². The van der Waals surface area contributed by atoms with Crippen molar-refractivity contribution < 1.29 is 9.90 Å². The van der Waals surface area contributed by atoms with Gasteiger partial charge in [-0.2, -0.15) is 0 Å². The fraction of sp³-hybridized carbons (Fsp3) is 0. The third kappa shape index (κ3) is 2.68. The summed E-state index contributed by atoms with van der Waals surface area (Å²) >= 11 is 3.39. The molecule has 0 bridgehead atoms. The molecular formula is C15H11BrO2. The van der Waals surface area contributed by atoms with Crippen LogP contribution in [-0.2, 0) is 4.79 Å². The molecule has 0 saturated carbocycles. The number of halogens is 1. The van der Waals surface area contributed by atoms with Crippen molar-refractivity contribution in [2.45, 2.75) is 0 Å². The predicted octanol–water partition coefficient (Wildman–Crippen LogP) is 4.03. The Morgan fingerprint density at radius 3 is 1.72 bits per heavy atom. The van der Waals surface area contributed by atoms with Gasteiger partial charge in [-0.05, 0) is 27.1 Å². The second-order valence-electron chi connectivity index (χ2n) is 3.73. The van der Waals surface area contributed by atoms with Crippen molar-refractivity contribution >= 4 is 32.0 Å². The third-order valence-corrected chi connectivity index (χ3v) is 3.38. The van der Waals surface area contributed by atoms with Gasteiger partial charge in [0.05, 0.1) is 5.57 Å². The van der Waals surface area contributed by atoms with E-state index in [2.05, 4.69) is 15.9 Å². The predicted molar refractivity (Wildman–Crippen MR) is 76.3 cm³/mol. The number of aliphatic carboxylic acids is 1. The fourth-order valence-electron chi connectivity index (χ4n) is 1.68. The van der Waals surface area contributed by atoms with Crippen LogP contribution in [0, 0.1) is 0 Å². The zero-order chi connectivity index (χ0) is 13.0. The molecule has 0 aliphatic rings. The maximum Gasteiger partial charge on any atom is 0.337 e. The van der Waals surface area contributed by atoms with E-state index in [0.717, 1.165) is 5.56 Å². The lowest BCUT2D eigenvalue weighted by atomic mass is 10.0. The van der Waals surface area contributed by atoms with Gasteiger partial charge in [0.15, 0.2) is 0 Å². The number of carboxylic acids is 1. The Balaban J connectivity index is 2.58. The molecule has 0 amide bonds. The van der Waals surface area contributed by atoms with Gasteiger partial charge >= 0.3 is 5.97 Å². The highest BCUT2D eigenvalue weighted by atomic mass is 79.9. The first kappa shape index (κ1) is 12.6. The third-order valence-electron chi connectivity index (χ3n) is 2.52. The van der Waals surface area contributed by atoms with E-state index in [9.17, 15) is 9.90 Å². The summed E-state index contributed by atoms with van der Waals surface area (Å²) in [5.41, 5.74) is 1.79. The van der Waals surface area contributed by atoms with E-state index in [4.69, 9.17) is 0 Å². The zero-order valence-corrected chi connectivity index (χ0v) is 11.1. The van der Waals surface area contributed by atoms with Gasteiger partial charge in [0.2, 0.25) is 0 Å². The lowest BCUT2D eigenvalue weighted by Crippen LogP contribution is -2.01. The van der Waals surface area contributed by atoms with Crippen LogP contribution in [0.2, 0.25) is 0 Å². The van der Waals surface area contributed by atoms with E-state index >= 15 is 0 Å². The Morgan fingerprint density at radius 1 is 0.833 bits per heavy atom. The maximum absolute atomic E-state index is 11.4. The Kier molecular flexibility index (Phi) is 3.95. The van der Waals surface area contributed by atoms with Gasteiger partial charge in [0, 0.05) is 4.48 Å². The first-order valence-electron chi connectivity index (χ1n) is 5.44. The molecular weight excluding hydrogens is 292 g/mol. The summed E-state index contributed by atoms with van der Waals surface area (Å²) in [7, 11) is 0. The molecule has 0 spiro atoms. The minimum Gasteiger partial charge on any atom is -0.478 e. The van der Waals surface area contributed by atoms with E-state index in [1.54, 1.807) is 12.1 Å². The van der Waals surface area contributed by atoms with Crippen LogP contribution < -0.4 is 0 Å². The second-order valence-corrected chi connectivity index (χ2v) is 4.52. The standard InChI is InChI=1S/C15H11BrO2/c16-14(12-9-5-2-6-10-12)13(15(17)18)11-7-3-1-4-8-11/h1-10H,(H,17,18)/b14-13-. The minimum absolute atomic E-state index is 0.266. The lowest BCUT2D eigenvalue weighted by molar-refractivity contribution is -0.130. The van der Waals surface area contributed by atoms with E-state index in [-0.39, 0.29) is 5.57 Å². The van der Waals surface area contributed by atoms with E-state index in [0.29, 0.717) is 10.0 Å². The molecule has 3 heteroatoms. The van der Waals surface area contributed by atoms with Crippen LogP contribution >= 0.6 is 15.9 Å². The molecule has 0 fully saturated rings. The zero-order valence-electron chi connectivity index (χ0n) is 9.51. The molecule has 0 unspecified atom stereocenters. The van der Waals surface area contributed by atoms with E-state index < -0.39 is 5.97 Å². The Labute approximate surface area is 114 Å². The topological polar surface area (TPSA) is 37.3 Å². The van der Waals surface area contributed by atoms with Crippen molar-refractivity contribution in [2.75, 3.05) is 0 Å². The van der Waals surface area contributed by atoms with Crippen molar-refractivity contribution in [1.82, 2.24) is 0 Å². The molecule has 1 N–H and O–H groups in total. The Hall–Kier alpha value is -1.87.